The fourth-order valence-electron chi connectivity index (χ4n) is 1.80. The number of carbonyl (C=O) groups is 3. The number of hydrogen-bond donors (Lipinski definition) is 1. The first-order valence-electron chi connectivity index (χ1n) is 5.32. The Hall–Kier alpha value is -2.37. The van der Waals surface area contributed by atoms with E-state index >= 15 is 0 Å². The molecule has 1 atom stereocenters. The summed E-state index contributed by atoms with van der Waals surface area (Å²) in [5.41, 5.74) is 0.667. The summed E-state index contributed by atoms with van der Waals surface area (Å²) in [5.74, 6) is -1.16. The van der Waals surface area contributed by atoms with Crippen molar-refractivity contribution >= 4 is 23.9 Å². The zero-order chi connectivity index (χ0) is 13.3. The standard InChI is InChI=1S/C12H11NO5/c1-7-12(17)13(5-11(15)16)9-4-8(6-14)2-3-10(9)18-7/h2-4,6-7H,5H2,1H3,(H,15,16)/t7-/m1/s1. The average Bonchev–Trinajstić information content (AvgIpc) is 2.34. The molecule has 0 saturated heterocycles. The Balaban J connectivity index is 2.49. The van der Waals surface area contributed by atoms with E-state index in [4.69, 9.17) is 9.84 Å². The molecule has 18 heavy (non-hydrogen) atoms. The Kier molecular flexibility index (Phi) is 3.01. The van der Waals surface area contributed by atoms with Gasteiger partial charge in [0.1, 0.15) is 18.6 Å². The van der Waals surface area contributed by atoms with Gasteiger partial charge in [0.2, 0.25) is 0 Å². The fourth-order valence-corrected chi connectivity index (χ4v) is 1.80. The van der Waals surface area contributed by atoms with Gasteiger partial charge in [-0.25, -0.2) is 0 Å². The van der Waals surface area contributed by atoms with Crippen LogP contribution in [-0.2, 0) is 9.59 Å². The normalized spacial score (nSPS) is 17.9. The molecule has 6 nitrogen and oxygen atoms in total. The van der Waals surface area contributed by atoms with Crippen LogP contribution in [0.3, 0.4) is 0 Å². The van der Waals surface area contributed by atoms with Crippen LogP contribution in [0.25, 0.3) is 0 Å². The maximum Gasteiger partial charge on any atom is 0.323 e. The van der Waals surface area contributed by atoms with Gasteiger partial charge in [0, 0.05) is 5.56 Å². The lowest BCUT2D eigenvalue weighted by Gasteiger charge is -2.32. The number of anilines is 1. The first-order valence-corrected chi connectivity index (χ1v) is 5.32. The lowest BCUT2D eigenvalue weighted by molar-refractivity contribution is -0.137. The number of ether oxygens (including phenoxy) is 1. The summed E-state index contributed by atoms with van der Waals surface area (Å²) in [4.78, 5) is 34.5. The summed E-state index contributed by atoms with van der Waals surface area (Å²) in [7, 11) is 0. The number of rotatable bonds is 3. The van der Waals surface area contributed by atoms with Crippen molar-refractivity contribution in [3.63, 3.8) is 0 Å². The fraction of sp³-hybridized carbons (Fsp3) is 0.250. The first kappa shape index (κ1) is 12.1. The number of aldehydes is 1. The summed E-state index contributed by atoms with van der Waals surface area (Å²) in [6, 6.07) is 4.54. The molecule has 6 heteroatoms. The van der Waals surface area contributed by atoms with Crippen molar-refractivity contribution in [1.29, 1.82) is 0 Å². The van der Waals surface area contributed by atoms with Crippen LogP contribution in [0.2, 0.25) is 0 Å². The van der Waals surface area contributed by atoms with Gasteiger partial charge in [-0.1, -0.05) is 0 Å². The van der Waals surface area contributed by atoms with E-state index in [1.165, 1.54) is 6.07 Å². The Morgan fingerprint density at radius 3 is 2.89 bits per heavy atom. The second-order valence-electron chi connectivity index (χ2n) is 3.92. The zero-order valence-corrected chi connectivity index (χ0v) is 9.62. The van der Waals surface area contributed by atoms with Crippen LogP contribution < -0.4 is 9.64 Å². The molecule has 1 aromatic carbocycles. The minimum Gasteiger partial charge on any atom is -0.480 e. The molecule has 1 aromatic rings. The SMILES string of the molecule is C[C@H]1Oc2ccc(C=O)cc2N(CC(=O)O)C1=O. The number of carboxylic acids is 1. The maximum absolute atomic E-state index is 11.9. The van der Waals surface area contributed by atoms with E-state index in [1.54, 1.807) is 19.1 Å². The Labute approximate surface area is 103 Å². The van der Waals surface area contributed by atoms with E-state index in [2.05, 4.69) is 0 Å². The molecule has 1 amide bonds. The lowest BCUT2D eigenvalue weighted by Crippen LogP contribution is -2.46. The molecular formula is C12H11NO5. The van der Waals surface area contributed by atoms with Crippen molar-refractivity contribution in [2.45, 2.75) is 13.0 Å². The third kappa shape index (κ3) is 2.04. The molecule has 94 valence electrons. The summed E-state index contributed by atoms with van der Waals surface area (Å²) >= 11 is 0. The predicted octanol–water partition coefficient (Wildman–Crippen LogP) is 0.698. The molecule has 1 aliphatic heterocycles. The van der Waals surface area contributed by atoms with Crippen molar-refractivity contribution in [3.05, 3.63) is 23.8 Å². The van der Waals surface area contributed by atoms with Crippen molar-refractivity contribution in [2.75, 3.05) is 11.4 Å². The van der Waals surface area contributed by atoms with Gasteiger partial charge in [-0.2, -0.15) is 0 Å². The molecule has 0 fully saturated rings. The molecule has 1 aliphatic rings. The second kappa shape index (κ2) is 4.48. The van der Waals surface area contributed by atoms with Gasteiger partial charge in [-0.15, -0.1) is 0 Å². The Morgan fingerprint density at radius 2 is 2.28 bits per heavy atom. The van der Waals surface area contributed by atoms with Crippen LogP contribution in [0.5, 0.6) is 5.75 Å². The highest BCUT2D eigenvalue weighted by atomic mass is 16.5. The topological polar surface area (TPSA) is 83.9 Å². The molecule has 1 heterocycles. The molecule has 2 rings (SSSR count). The van der Waals surface area contributed by atoms with Crippen LogP contribution in [-0.4, -0.2) is 35.9 Å². The van der Waals surface area contributed by atoms with Gasteiger partial charge in [-0.05, 0) is 25.1 Å². The van der Waals surface area contributed by atoms with E-state index in [0.29, 0.717) is 23.3 Å². The lowest BCUT2D eigenvalue weighted by atomic mass is 10.1. The molecule has 0 spiro atoms. The molecule has 0 saturated carbocycles. The highest BCUT2D eigenvalue weighted by molar-refractivity contribution is 6.03. The van der Waals surface area contributed by atoms with Gasteiger partial charge in [0.15, 0.2) is 6.10 Å². The molecule has 0 unspecified atom stereocenters. The van der Waals surface area contributed by atoms with Crippen LogP contribution >= 0.6 is 0 Å². The average molecular weight is 249 g/mol. The van der Waals surface area contributed by atoms with Gasteiger partial charge in [0.25, 0.3) is 5.91 Å². The van der Waals surface area contributed by atoms with Crippen LogP contribution in [0, 0.1) is 0 Å². The molecule has 0 bridgehead atoms. The number of benzene rings is 1. The highest BCUT2D eigenvalue weighted by Crippen LogP contribution is 2.34. The van der Waals surface area contributed by atoms with Crippen molar-refractivity contribution in [3.8, 4) is 5.75 Å². The maximum atomic E-state index is 11.9. The summed E-state index contributed by atoms with van der Waals surface area (Å²) in [6.45, 7) is 1.09. The van der Waals surface area contributed by atoms with Gasteiger partial charge in [-0.3, -0.25) is 19.3 Å². The van der Waals surface area contributed by atoms with Crippen molar-refractivity contribution in [1.82, 2.24) is 0 Å². The molecule has 0 radical (unpaired) electrons. The van der Waals surface area contributed by atoms with Crippen molar-refractivity contribution < 1.29 is 24.2 Å². The summed E-state index contributed by atoms with van der Waals surface area (Å²) < 4.78 is 5.36. The predicted molar refractivity (Wildman–Crippen MR) is 61.9 cm³/mol. The van der Waals surface area contributed by atoms with E-state index in [0.717, 1.165) is 4.90 Å². The van der Waals surface area contributed by atoms with Crippen LogP contribution in [0.15, 0.2) is 18.2 Å². The Bertz CT molecular complexity index is 525. The third-order valence-corrected chi connectivity index (χ3v) is 2.62. The number of carboxylic acid groups (broad SMARTS) is 1. The number of aliphatic carboxylic acids is 1. The minimum atomic E-state index is -1.13. The van der Waals surface area contributed by atoms with E-state index in [9.17, 15) is 14.4 Å². The molecular weight excluding hydrogens is 238 g/mol. The number of hydrogen-bond acceptors (Lipinski definition) is 4. The smallest absolute Gasteiger partial charge is 0.323 e. The largest absolute Gasteiger partial charge is 0.480 e. The quantitative estimate of drug-likeness (QED) is 0.797. The number of amides is 1. The highest BCUT2D eigenvalue weighted by Gasteiger charge is 2.32. The monoisotopic (exact) mass is 249 g/mol. The minimum absolute atomic E-state index is 0.310. The van der Waals surface area contributed by atoms with E-state index in [-0.39, 0.29) is 0 Å². The second-order valence-corrected chi connectivity index (χ2v) is 3.92. The molecule has 0 aliphatic carbocycles. The Morgan fingerprint density at radius 1 is 1.56 bits per heavy atom. The van der Waals surface area contributed by atoms with Gasteiger partial charge >= 0.3 is 5.97 Å². The number of carbonyl (C=O) groups excluding carboxylic acids is 2. The van der Waals surface area contributed by atoms with Crippen molar-refractivity contribution in [2.24, 2.45) is 0 Å². The zero-order valence-electron chi connectivity index (χ0n) is 9.62. The van der Waals surface area contributed by atoms with Crippen LogP contribution in [0.1, 0.15) is 17.3 Å². The number of nitrogens with zero attached hydrogens (tertiary/aromatic N) is 1. The van der Waals surface area contributed by atoms with E-state index in [1.807, 2.05) is 0 Å². The number of fused-ring (bicyclic) bond motifs is 1. The third-order valence-electron chi connectivity index (χ3n) is 2.62. The first-order chi connectivity index (χ1) is 8.52. The molecule has 0 aromatic heterocycles. The van der Waals surface area contributed by atoms with Gasteiger partial charge < -0.3 is 9.84 Å². The molecule has 1 N–H and O–H groups in total. The summed E-state index contributed by atoms with van der Waals surface area (Å²) in [5, 5.41) is 8.82. The van der Waals surface area contributed by atoms with Gasteiger partial charge in [0.05, 0.1) is 5.69 Å². The summed E-state index contributed by atoms with van der Waals surface area (Å²) in [6.07, 6.45) is -0.110. The van der Waals surface area contributed by atoms with Crippen LogP contribution in [0.4, 0.5) is 5.69 Å². The van der Waals surface area contributed by atoms with E-state index < -0.39 is 24.5 Å².